The van der Waals surface area contributed by atoms with Gasteiger partial charge in [0, 0.05) is 21.8 Å². The second-order valence-corrected chi connectivity index (χ2v) is 7.19. The summed E-state index contributed by atoms with van der Waals surface area (Å²) in [6.45, 7) is 5.17. The Hall–Kier alpha value is 0.110. The molecule has 2 N–H and O–H groups in total. The zero-order valence-corrected chi connectivity index (χ0v) is 12.3. The average molecular weight is 259 g/mol. The van der Waals surface area contributed by atoms with Crippen LogP contribution in [0.4, 0.5) is 0 Å². The zero-order chi connectivity index (χ0) is 12.7. The molecular formula is C14H29NOS. The summed E-state index contributed by atoms with van der Waals surface area (Å²) in [5.74, 6) is 2.20. The third-order valence-electron chi connectivity index (χ3n) is 4.20. The number of nitrogens with two attached hydrogens (primary N) is 1. The van der Waals surface area contributed by atoms with Crippen LogP contribution in [0.15, 0.2) is 0 Å². The second-order valence-electron chi connectivity index (χ2n) is 5.41. The Morgan fingerprint density at radius 1 is 1.24 bits per heavy atom. The van der Waals surface area contributed by atoms with Gasteiger partial charge in [0.25, 0.3) is 0 Å². The van der Waals surface area contributed by atoms with Gasteiger partial charge in [-0.3, -0.25) is 4.21 Å². The summed E-state index contributed by atoms with van der Waals surface area (Å²) in [5, 5.41) is 0.385. The van der Waals surface area contributed by atoms with Crippen molar-refractivity contribution in [1.29, 1.82) is 0 Å². The summed E-state index contributed by atoms with van der Waals surface area (Å²) in [7, 11) is -0.640. The van der Waals surface area contributed by atoms with Crippen molar-refractivity contribution in [3.63, 3.8) is 0 Å². The first-order chi connectivity index (χ1) is 8.22. The molecule has 0 heterocycles. The van der Waals surface area contributed by atoms with Gasteiger partial charge in [0.05, 0.1) is 0 Å². The Kier molecular flexibility index (Phi) is 7.36. The SMILES string of the molecule is CCCCCS(=O)C1CC(CC)CCC1CN. The molecule has 0 bridgehead atoms. The highest BCUT2D eigenvalue weighted by Gasteiger charge is 2.32. The molecular weight excluding hydrogens is 230 g/mol. The van der Waals surface area contributed by atoms with E-state index in [9.17, 15) is 4.21 Å². The number of rotatable bonds is 7. The number of unbranched alkanes of at least 4 members (excludes halogenated alkanes) is 2. The van der Waals surface area contributed by atoms with Gasteiger partial charge in [-0.1, -0.05) is 39.5 Å². The van der Waals surface area contributed by atoms with E-state index in [4.69, 9.17) is 5.73 Å². The van der Waals surface area contributed by atoms with Gasteiger partial charge in [-0.2, -0.15) is 0 Å². The van der Waals surface area contributed by atoms with Crippen molar-refractivity contribution in [1.82, 2.24) is 0 Å². The van der Waals surface area contributed by atoms with E-state index in [2.05, 4.69) is 13.8 Å². The molecule has 0 saturated heterocycles. The molecule has 3 heteroatoms. The van der Waals surface area contributed by atoms with Gasteiger partial charge in [0.1, 0.15) is 0 Å². The molecule has 0 aromatic heterocycles. The van der Waals surface area contributed by atoms with E-state index in [1.807, 2.05) is 0 Å². The molecule has 2 nitrogen and oxygen atoms in total. The lowest BCUT2D eigenvalue weighted by molar-refractivity contribution is 0.280. The highest BCUT2D eigenvalue weighted by Crippen LogP contribution is 2.33. The van der Waals surface area contributed by atoms with Crippen LogP contribution < -0.4 is 5.73 Å². The summed E-state index contributed by atoms with van der Waals surface area (Å²) in [4.78, 5) is 0. The molecule has 0 amide bonds. The molecule has 1 aliphatic rings. The Morgan fingerprint density at radius 2 is 2.00 bits per heavy atom. The van der Waals surface area contributed by atoms with E-state index in [0.717, 1.165) is 31.1 Å². The average Bonchev–Trinajstić information content (AvgIpc) is 2.38. The van der Waals surface area contributed by atoms with Gasteiger partial charge in [0.15, 0.2) is 0 Å². The molecule has 0 aromatic carbocycles. The summed E-state index contributed by atoms with van der Waals surface area (Å²) < 4.78 is 12.4. The van der Waals surface area contributed by atoms with Gasteiger partial charge >= 0.3 is 0 Å². The predicted molar refractivity (Wildman–Crippen MR) is 76.5 cm³/mol. The van der Waals surface area contributed by atoms with Crippen LogP contribution in [-0.2, 0) is 10.8 Å². The molecule has 4 unspecified atom stereocenters. The largest absolute Gasteiger partial charge is 0.330 e. The Morgan fingerprint density at radius 3 is 2.59 bits per heavy atom. The molecule has 0 spiro atoms. The van der Waals surface area contributed by atoms with Crippen LogP contribution in [0.5, 0.6) is 0 Å². The summed E-state index contributed by atoms with van der Waals surface area (Å²) in [6.07, 6.45) is 8.41. The van der Waals surface area contributed by atoms with Crippen molar-refractivity contribution in [3.8, 4) is 0 Å². The maximum atomic E-state index is 12.4. The highest BCUT2D eigenvalue weighted by atomic mass is 32.2. The van der Waals surface area contributed by atoms with Crippen molar-refractivity contribution in [3.05, 3.63) is 0 Å². The lowest BCUT2D eigenvalue weighted by atomic mass is 9.80. The molecule has 102 valence electrons. The fourth-order valence-corrected chi connectivity index (χ4v) is 4.84. The van der Waals surface area contributed by atoms with Crippen LogP contribution in [0.1, 0.15) is 58.8 Å². The van der Waals surface area contributed by atoms with Gasteiger partial charge < -0.3 is 5.73 Å². The molecule has 1 fully saturated rings. The van der Waals surface area contributed by atoms with Crippen LogP contribution in [0, 0.1) is 11.8 Å². The molecule has 1 saturated carbocycles. The third kappa shape index (κ3) is 4.70. The fraction of sp³-hybridized carbons (Fsp3) is 1.00. The number of hydrogen-bond acceptors (Lipinski definition) is 2. The summed E-state index contributed by atoms with van der Waals surface area (Å²) in [6, 6.07) is 0. The minimum atomic E-state index is -0.640. The smallest absolute Gasteiger partial charge is 0.0390 e. The highest BCUT2D eigenvalue weighted by molar-refractivity contribution is 7.85. The third-order valence-corrected chi connectivity index (χ3v) is 6.15. The Labute approximate surface area is 109 Å². The van der Waals surface area contributed by atoms with E-state index in [0.29, 0.717) is 11.2 Å². The van der Waals surface area contributed by atoms with Crippen molar-refractivity contribution in [2.24, 2.45) is 17.6 Å². The molecule has 17 heavy (non-hydrogen) atoms. The monoisotopic (exact) mass is 259 g/mol. The summed E-state index contributed by atoms with van der Waals surface area (Å²) in [5.41, 5.74) is 5.84. The minimum absolute atomic E-state index is 0.385. The quantitative estimate of drug-likeness (QED) is 0.714. The fourth-order valence-electron chi connectivity index (χ4n) is 2.88. The van der Waals surface area contributed by atoms with E-state index >= 15 is 0 Å². The predicted octanol–water partition coefficient (Wildman–Crippen LogP) is 3.08. The first kappa shape index (κ1) is 15.2. The van der Waals surface area contributed by atoms with Crippen molar-refractivity contribution in [2.75, 3.05) is 12.3 Å². The van der Waals surface area contributed by atoms with Crippen LogP contribution >= 0.6 is 0 Å². The van der Waals surface area contributed by atoms with E-state index in [-0.39, 0.29) is 0 Å². The van der Waals surface area contributed by atoms with Crippen LogP contribution in [0.3, 0.4) is 0 Å². The maximum Gasteiger partial charge on any atom is 0.0390 e. The first-order valence-corrected chi connectivity index (χ1v) is 8.68. The first-order valence-electron chi connectivity index (χ1n) is 7.30. The van der Waals surface area contributed by atoms with Crippen molar-refractivity contribution < 1.29 is 4.21 Å². The van der Waals surface area contributed by atoms with Crippen LogP contribution in [0.25, 0.3) is 0 Å². The standard InChI is InChI=1S/C14H29NOS/c1-3-5-6-9-17(16)14-10-12(4-2)7-8-13(14)11-15/h12-14H,3-11,15H2,1-2H3. The molecule has 0 aliphatic heterocycles. The van der Waals surface area contributed by atoms with Gasteiger partial charge in [-0.15, -0.1) is 0 Å². The zero-order valence-electron chi connectivity index (χ0n) is 11.5. The molecule has 4 atom stereocenters. The van der Waals surface area contributed by atoms with Crippen LogP contribution in [-0.4, -0.2) is 21.8 Å². The van der Waals surface area contributed by atoms with Gasteiger partial charge in [-0.05, 0) is 37.6 Å². The molecule has 1 aliphatic carbocycles. The molecule has 0 radical (unpaired) electrons. The maximum absolute atomic E-state index is 12.4. The van der Waals surface area contributed by atoms with Crippen molar-refractivity contribution in [2.45, 2.75) is 64.0 Å². The van der Waals surface area contributed by atoms with Crippen molar-refractivity contribution >= 4 is 10.8 Å². The second kappa shape index (κ2) is 8.25. The normalized spacial score (nSPS) is 31.4. The van der Waals surface area contributed by atoms with E-state index < -0.39 is 10.8 Å². The van der Waals surface area contributed by atoms with Gasteiger partial charge in [0.2, 0.25) is 0 Å². The Bertz CT molecular complexity index is 232. The van der Waals surface area contributed by atoms with E-state index in [1.165, 1.54) is 32.1 Å². The van der Waals surface area contributed by atoms with Crippen LogP contribution in [0.2, 0.25) is 0 Å². The lowest BCUT2D eigenvalue weighted by Gasteiger charge is -2.34. The van der Waals surface area contributed by atoms with E-state index in [1.54, 1.807) is 0 Å². The lowest BCUT2D eigenvalue weighted by Crippen LogP contribution is -2.38. The molecule has 0 aromatic rings. The summed E-state index contributed by atoms with van der Waals surface area (Å²) >= 11 is 0. The minimum Gasteiger partial charge on any atom is -0.330 e. The molecule has 1 rings (SSSR count). The topological polar surface area (TPSA) is 43.1 Å². The number of hydrogen-bond donors (Lipinski definition) is 1. The Balaban J connectivity index is 2.47. The van der Waals surface area contributed by atoms with Gasteiger partial charge in [-0.25, -0.2) is 0 Å².